The zero-order chi connectivity index (χ0) is 8.97. The zero-order valence-corrected chi connectivity index (χ0v) is 7.35. The van der Waals surface area contributed by atoms with Gasteiger partial charge in [-0.3, -0.25) is 0 Å². The maximum atomic E-state index is 9.80. The Morgan fingerprint density at radius 2 is 2.33 bits per heavy atom. The quantitative estimate of drug-likeness (QED) is 0.534. The first kappa shape index (κ1) is 8.75. The summed E-state index contributed by atoms with van der Waals surface area (Å²) in [5.74, 6) is 0. The molecular weight excluding hydrogens is 152 g/mol. The Balaban J connectivity index is 2.67. The van der Waals surface area contributed by atoms with Gasteiger partial charge in [-0.25, -0.2) is 9.79 Å². The number of hydrogen-bond acceptors (Lipinski definition) is 2. The van der Waals surface area contributed by atoms with Gasteiger partial charge in [0.15, 0.2) is 0 Å². The molecule has 1 heterocycles. The van der Waals surface area contributed by atoms with E-state index in [1.807, 2.05) is 20.0 Å². The smallest absolute Gasteiger partial charge is 0.234 e. The number of rotatable bonds is 3. The third-order valence-electron chi connectivity index (χ3n) is 1.97. The van der Waals surface area contributed by atoms with Crippen LogP contribution in [0, 0.1) is 13.8 Å². The molecule has 1 aromatic heterocycles. The van der Waals surface area contributed by atoms with Gasteiger partial charge in [-0.05, 0) is 31.4 Å². The number of carbonyl (C=O) groups excluding carboxylic acids is 1. The molecule has 0 aliphatic carbocycles. The minimum atomic E-state index is 0.531. The fourth-order valence-electron chi connectivity index (χ4n) is 1.28. The highest BCUT2D eigenvalue weighted by Gasteiger charge is 2.02. The van der Waals surface area contributed by atoms with Gasteiger partial charge in [-0.1, -0.05) is 0 Å². The third kappa shape index (κ3) is 1.83. The van der Waals surface area contributed by atoms with Gasteiger partial charge in [-0.15, -0.1) is 0 Å². The first-order chi connectivity index (χ1) is 5.75. The number of aromatic nitrogens is 1. The van der Waals surface area contributed by atoms with E-state index in [1.54, 1.807) is 0 Å². The van der Waals surface area contributed by atoms with E-state index in [4.69, 9.17) is 0 Å². The summed E-state index contributed by atoms with van der Waals surface area (Å²) in [6.45, 7) is 4.60. The van der Waals surface area contributed by atoms with E-state index in [2.05, 4.69) is 9.98 Å². The van der Waals surface area contributed by atoms with Crippen LogP contribution in [0.2, 0.25) is 0 Å². The van der Waals surface area contributed by atoms with Gasteiger partial charge in [0.2, 0.25) is 6.08 Å². The summed E-state index contributed by atoms with van der Waals surface area (Å²) in [5, 5.41) is 0. The van der Waals surface area contributed by atoms with Crippen molar-refractivity contribution < 1.29 is 4.79 Å². The summed E-state index contributed by atoms with van der Waals surface area (Å²) in [7, 11) is 0. The summed E-state index contributed by atoms with van der Waals surface area (Å²) in [4.78, 5) is 16.4. The highest BCUT2D eigenvalue weighted by Crippen LogP contribution is 2.12. The molecule has 0 aliphatic rings. The lowest BCUT2D eigenvalue weighted by atomic mass is 10.1. The number of aliphatic imine (C=N–C) groups is 1. The lowest BCUT2D eigenvalue weighted by Gasteiger charge is -1.97. The summed E-state index contributed by atoms with van der Waals surface area (Å²) in [5.41, 5.74) is 3.65. The van der Waals surface area contributed by atoms with E-state index >= 15 is 0 Å². The monoisotopic (exact) mass is 164 g/mol. The van der Waals surface area contributed by atoms with Crippen molar-refractivity contribution >= 4 is 6.08 Å². The molecule has 0 bridgehead atoms. The Hall–Kier alpha value is -1.34. The molecule has 0 aromatic carbocycles. The van der Waals surface area contributed by atoms with Crippen LogP contribution in [0.15, 0.2) is 11.2 Å². The van der Waals surface area contributed by atoms with Crippen LogP contribution < -0.4 is 0 Å². The second-order valence-electron chi connectivity index (χ2n) is 2.80. The van der Waals surface area contributed by atoms with E-state index in [0.29, 0.717) is 6.54 Å². The third-order valence-corrected chi connectivity index (χ3v) is 1.97. The predicted molar refractivity (Wildman–Crippen MR) is 47.0 cm³/mol. The zero-order valence-electron chi connectivity index (χ0n) is 7.35. The van der Waals surface area contributed by atoms with Crippen molar-refractivity contribution in [1.29, 1.82) is 0 Å². The predicted octanol–water partition coefficient (Wildman–Crippen LogP) is 1.51. The molecule has 0 spiro atoms. The van der Waals surface area contributed by atoms with Gasteiger partial charge < -0.3 is 4.98 Å². The highest BCUT2D eigenvalue weighted by atomic mass is 16.1. The fraction of sp³-hybridized carbons (Fsp3) is 0.444. The standard InChI is InChI=1S/C9H12N2O/c1-7-5-11-8(2)9(7)3-4-10-6-12/h5,11H,3-4H2,1-2H3. The first-order valence-corrected chi connectivity index (χ1v) is 3.92. The number of aromatic amines is 1. The second-order valence-corrected chi connectivity index (χ2v) is 2.80. The number of nitrogens with zero attached hydrogens (tertiary/aromatic N) is 1. The van der Waals surface area contributed by atoms with Crippen molar-refractivity contribution in [3.8, 4) is 0 Å². The molecule has 0 radical (unpaired) electrons. The molecule has 0 fully saturated rings. The second kappa shape index (κ2) is 3.88. The Bertz CT molecular complexity index is 289. The van der Waals surface area contributed by atoms with Crippen LogP contribution >= 0.6 is 0 Å². The van der Waals surface area contributed by atoms with Gasteiger partial charge in [0.05, 0.1) is 6.54 Å². The Morgan fingerprint density at radius 3 is 2.83 bits per heavy atom. The van der Waals surface area contributed by atoms with E-state index in [9.17, 15) is 4.79 Å². The molecule has 0 saturated heterocycles. The summed E-state index contributed by atoms with van der Waals surface area (Å²) in [6, 6.07) is 0. The van der Waals surface area contributed by atoms with Crippen LogP contribution in [0.3, 0.4) is 0 Å². The van der Waals surface area contributed by atoms with E-state index in [1.165, 1.54) is 17.2 Å². The van der Waals surface area contributed by atoms with Gasteiger partial charge in [0.25, 0.3) is 0 Å². The highest BCUT2D eigenvalue weighted by molar-refractivity contribution is 5.34. The number of isocyanates is 1. The number of aryl methyl sites for hydroxylation is 2. The molecular formula is C9H12N2O. The van der Waals surface area contributed by atoms with Crippen molar-refractivity contribution in [1.82, 2.24) is 4.98 Å². The average Bonchev–Trinajstić information content (AvgIpc) is 2.35. The summed E-state index contributed by atoms with van der Waals surface area (Å²) >= 11 is 0. The van der Waals surface area contributed by atoms with Gasteiger partial charge in [0.1, 0.15) is 0 Å². The largest absolute Gasteiger partial charge is 0.365 e. The maximum absolute atomic E-state index is 9.80. The van der Waals surface area contributed by atoms with Gasteiger partial charge >= 0.3 is 0 Å². The van der Waals surface area contributed by atoms with Crippen molar-refractivity contribution in [2.24, 2.45) is 4.99 Å². The van der Waals surface area contributed by atoms with E-state index in [0.717, 1.165) is 12.1 Å². The van der Waals surface area contributed by atoms with Crippen LogP contribution in [0.4, 0.5) is 0 Å². The van der Waals surface area contributed by atoms with Crippen molar-refractivity contribution in [2.45, 2.75) is 20.3 Å². The Morgan fingerprint density at radius 1 is 1.58 bits per heavy atom. The SMILES string of the molecule is Cc1c[nH]c(C)c1CCN=C=O. The van der Waals surface area contributed by atoms with Crippen molar-refractivity contribution in [2.75, 3.05) is 6.54 Å². The normalized spacial score (nSPS) is 9.50. The Labute approximate surface area is 71.5 Å². The lowest BCUT2D eigenvalue weighted by molar-refractivity contribution is 0.563. The molecule has 3 heteroatoms. The van der Waals surface area contributed by atoms with Crippen molar-refractivity contribution in [3.63, 3.8) is 0 Å². The summed E-state index contributed by atoms with van der Waals surface area (Å²) < 4.78 is 0. The molecule has 0 unspecified atom stereocenters. The average molecular weight is 164 g/mol. The summed E-state index contributed by atoms with van der Waals surface area (Å²) in [6.07, 6.45) is 4.32. The molecule has 1 N–H and O–H groups in total. The molecule has 1 aromatic rings. The van der Waals surface area contributed by atoms with Crippen LogP contribution in [-0.4, -0.2) is 17.6 Å². The molecule has 3 nitrogen and oxygen atoms in total. The van der Waals surface area contributed by atoms with Crippen LogP contribution in [0.25, 0.3) is 0 Å². The van der Waals surface area contributed by atoms with Crippen LogP contribution in [0.5, 0.6) is 0 Å². The van der Waals surface area contributed by atoms with Crippen LogP contribution in [0.1, 0.15) is 16.8 Å². The van der Waals surface area contributed by atoms with Gasteiger partial charge in [-0.2, -0.15) is 0 Å². The number of H-pyrrole nitrogens is 1. The molecule has 12 heavy (non-hydrogen) atoms. The first-order valence-electron chi connectivity index (χ1n) is 3.92. The van der Waals surface area contributed by atoms with Crippen molar-refractivity contribution in [3.05, 3.63) is 23.0 Å². The maximum Gasteiger partial charge on any atom is 0.234 e. The Kier molecular flexibility index (Phi) is 2.83. The molecule has 1 rings (SSSR count). The molecule has 0 saturated carbocycles. The minimum absolute atomic E-state index is 0.531. The number of hydrogen-bond donors (Lipinski definition) is 1. The molecule has 0 amide bonds. The molecule has 0 aliphatic heterocycles. The van der Waals surface area contributed by atoms with Gasteiger partial charge in [0, 0.05) is 11.9 Å². The van der Waals surface area contributed by atoms with Crippen LogP contribution in [-0.2, 0) is 11.2 Å². The fourth-order valence-corrected chi connectivity index (χ4v) is 1.28. The van der Waals surface area contributed by atoms with E-state index in [-0.39, 0.29) is 0 Å². The molecule has 0 atom stereocenters. The molecule has 64 valence electrons. The minimum Gasteiger partial charge on any atom is -0.365 e. The van der Waals surface area contributed by atoms with E-state index < -0.39 is 0 Å². The topological polar surface area (TPSA) is 45.2 Å². The lowest BCUT2D eigenvalue weighted by Crippen LogP contribution is -1.91. The number of nitrogens with one attached hydrogen (secondary N) is 1.